The van der Waals surface area contributed by atoms with Crippen LogP contribution in [-0.2, 0) is 7.05 Å². The molecule has 8 nitrogen and oxygen atoms in total. The van der Waals surface area contributed by atoms with Gasteiger partial charge in [-0.2, -0.15) is 5.10 Å². The first-order chi connectivity index (χ1) is 17.6. The third kappa shape index (κ3) is 4.03. The Labute approximate surface area is 210 Å². The summed E-state index contributed by atoms with van der Waals surface area (Å²) < 4.78 is 13.6. The molecule has 0 spiro atoms. The van der Waals surface area contributed by atoms with Crippen molar-refractivity contribution >= 4 is 27.6 Å². The van der Waals surface area contributed by atoms with Crippen molar-refractivity contribution in [2.24, 2.45) is 7.05 Å². The van der Waals surface area contributed by atoms with Gasteiger partial charge in [0.15, 0.2) is 5.82 Å². The summed E-state index contributed by atoms with van der Waals surface area (Å²) in [6, 6.07) is 20.1. The van der Waals surface area contributed by atoms with E-state index in [4.69, 9.17) is 14.5 Å². The molecule has 0 radical (unpaired) electrons. The van der Waals surface area contributed by atoms with E-state index in [1.807, 2.05) is 42.5 Å². The third-order valence-electron chi connectivity index (χ3n) is 7.07. The normalized spacial score (nSPS) is 14.6. The summed E-state index contributed by atoms with van der Waals surface area (Å²) in [6.45, 7) is 7.64. The monoisotopic (exact) mass is 482 g/mol. The van der Waals surface area contributed by atoms with Crippen molar-refractivity contribution < 1.29 is 9.47 Å². The lowest BCUT2D eigenvalue weighted by Crippen LogP contribution is -2.46. The van der Waals surface area contributed by atoms with Crippen LogP contribution in [0.15, 0.2) is 60.7 Å². The molecule has 1 fully saturated rings. The minimum absolute atomic E-state index is 0.716. The van der Waals surface area contributed by atoms with Gasteiger partial charge in [-0.1, -0.05) is 13.0 Å². The zero-order valence-corrected chi connectivity index (χ0v) is 20.9. The molecule has 36 heavy (non-hydrogen) atoms. The number of likely N-dealkylation sites (N-methyl/N-ethyl adjacent to an activating group) is 1. The molecule has 0 bridgehead atoms. The summed E-state index contributed by atoms with van der Waals surface area (Å²) in [5.74, 6) is 3.02. The van der Waals surface area contributed by atoms with Gasteiger partial charge in [0.05, 0.1) is 23.7 Å². The molecule has 1 aliphatic rings. The Morgan fingerprint density at radius 2 is 1.72 bits per heavy atom. The van der Waals surface area contributed by atoms with Gasteiger partial charge in [-0.3, -0.25) is 5.10 Å². The van der Waals surface area contributed by atoms with Crippen molar-refractivity contribution in [1.82, 2.24) is 24.6 Å². The number of imidazole rings is 1. The van der Waals surface area contributed by atoms with Crippen molar-refractivity contribution in [3.63, 3.8) is 0 Å². The van der Waals surface area contributed by atoms with Crippen LogP contribution in [0.25, 0.3) is 33.5 Å². The zero-order valence-electron chi connectivity index (χ0n) is 20.9. The SMILES string of the molecule is CCN1CCN(c2ccc3nc(-c4n[nH]c5ccc(Oc6cccc(OC)c6)cc45)n(C)c3c2)CC1. The molecule has 0 saturated carbocycles. The first-order valence-corrected chi connectivity index (χ1v) is 12.4. The average molecular weight is 483 g/mol. The number of ether oxygens (including phenoxy) is 2. The Kier molecular flexibility index (Phi) is 5.73. The van der Waals surface area contributed by atoms with E-state index in [0.29, 0.717) is 5.75 Å². The smallest absolute Gasteiger partial charge is 0.162 e. The molecule has 1 aliphatic heterocycles. The van der Waals surface area contributed by atoms with E-state index in [2.05, 4.69) is 56.7 Å². The molecule has 1 saturated heterocycles. The van der Waals surface area contributed by atoms with E-state index < -0.39 is 0 Å². The van der Waals surface area contributed by atoms with E-state index in [1.165, 1.54) is 5.69 Å². The Morgan fingerprint density at radius 1 is 0.917 bits per heavy atom. The number of hydrogen-bond acceptors (Lipinski definition) is 6. The van der Waals surface area contributed by atoms with Gasteiger partial charge in [0.1, 0.15) is 22.9 Å². The molecule has 3 heterocycles. The maximum atomic E-state index is 6.12. The molecule has 5 aromatic rings. The van der Waals surface area contributed by atoms with Gasteiger partial charge in [0.25, 0.3) is 0 Å². The highest BCUT2D eigenvalue weighted by Gasteiger charge is 2.20. The molecule has 2 aromatic heterocycles. The van der Waals surface area contributed by atoms with Gasteiger partial charge in [-0.05, 0) is 55.1 Å². The van der Waals surface area contributed by atoms with Crippen LogP contribution < -0.4 is 14.4 Å². The van der Waals surface area contributed by atoms with Crippen LogP contribution in [-0.4, -0.2) is 64.5 Å². The third-order valence-corrected chi connectivity index (χ3v) is 7.07. The molecule has 3 aromatic carbocycles. The van der Waals surface area contributed by atoms with Gasteiger partial charge in [0.2, 0.25) is 0 Å². The van der Waals surface area contributed by atoms with Crippen LogP contribution in [0, 0.1) is 0 Å². The number of anilines is 1. The van der Waals surface area contributed by atoms with E-state index in [-0.39, 0.29) is 0 Å². The Bertz CT molecular complexity index is 1530. The molecule has 6 rings (SSSR count). The molecular formula is C28H30N6O2. The summed E-state index contributed by atoms with van der Waals surface area (Å²) in [7, 11) is 3.70. The van der Waals surface area contributed by atoms with Crippen molar-refractivity contribution in [2.45, 2.75) is 6.92 Å². The van der Waals surface area contributed by atoms with Crippen LogP contribution in [0.1, 0.15) is 6.92 Å². The summed E-state index contributed by atoms with van der Waals surface area (Å²) in [5, 5.41) is 8.74. The van der Waals surface area contributed by atoms with Crippen molar-refractivity contribution in [3.8, 4) is 28.8 Å². The number of H-pyrrole nitrogens is 1. The number of hydrogen-bond donors (Lipinski definition) is 1. The highest BCUT2D eigenvalue weighted by Crippen LogP contribution is 2.33. The zero-order chi connectivity index (χ0) is 24.6. The number of methoxy groups -OCH3 is 1. The van der Waals surface area contributed by atoms with E-state index in [1.54, 1.807) is 7.11 Å². The summed E-state index contributed by atoms with van der Waals surface area (Å²) in [4.78, 5) is 9.90. The van der Waals surface area contributed by atoms with E-state index >= 15 is 0 Å². The van der Waals surface area contributed by atoms with Crippen molar-refractivity contribution in [2.75, 3.05) is 44.7 Å². The van der Waals surface area contributed by atoms with Crippen LogP contribution in [0.4, 0.5) is 5.69 Å². The standard InChI is InChI=1S/C28H30N6O2/c1-4-33-12-14-34(15-13-33)19-8-10-25-26(16-19)32(2)28(29-25)27-23-18-22(9-11-24(23)30-31-27)36-21-7-5-6-20(17-21)35-3/h5-11,16-18H,4,12-15H2,1-3H3,(H,30,31). The van der Waals surface area contributed by atoms with Crippen LogP contribution in [0.3, 0.4) is 0 Å². The van der Waals surface area contributed by atoms with Gasteiger partial charge in [0, 0.05) is 50.4 Å². The fourth-order valence-corrected chi connectivity index (χ4v) is 4.94. The number of nitrogens with zero attached hydrogens (tertiary/aromatic N) is 5. The lowest BCUT2D eigenvalue weighted by atomic mass is 10.2. The topological polar surface area (TPSA) is 71.4 Å². The van der Waals surface area contributed by atoms with Gasteiger partial charge in [-0.25, -0.2) is 4.98 Å². The number of fused-ring (bicyclic) bond motifs is 2. The van der Waals surface area contributed by atoms with Crippen molar-refractivity contribution in [3.05, 3.63) is 60.7 Å². The first kappa shape index (κ1) is 22.4. The van der Waals surface area contributed by atoms with Crippen LogP contribution in [0.5, 0.6) is 17.2 Å². The fraction of sp³-hybridized carbons (Fsp3) is 0.286. The molecule has 0 unspecified atom stereocenters. The van der Waals surface area contributed by atoms with Crippen molar-refractivity contribution in [1.29, 1.82) is 0 Å². The molecular weight excluding hydrogens is 452 g/mol. The average Bonchev–Trinajstić information content (AvgIpc) is 3.48. The second-order valence-electron chi connectivity index (χ2n) is 9.15. The number of aromatic nitrogens is 4. The number of piperazine rings is 1. The van der Waals surface area contributed by atoms with Gasteiger partial charge in [-0.15, -0.1) is 0 Å². The fourth-order valence-electron chi connectivity index (χ4n) is 4.94. The predicted molar refractivity (Wildman–Crippen MR) is 143 cm³/mol. The molecule has 8 heteroatoms. The second kappa shape index (κ2) is 9.20. The molecule has 0 amide bonds. The highest BCUT2D eigenvalue weighted by atomic mass is 16.5. The largest absolute Gasteiger partial charge is 0.497 e. The number of nitrogens with one attached hydrogen (secondary N) is 1. The Morgan fingerprint density at radius 3 is 2.53 bits per heavy atom. The number of rotatable bonds is 6. The Balaban J connectivity index is 1.33. The number of aromatic amines is 1. The predicted octanol–water partition coefficient (Wildman–Crippen LogP) is 5.06. The number of aryl methyl sites for hydroxylation is 1. The maximum Gasteiger partial charge on any atom is 0.162 e. The van der Waals surface area contributed by atoms with Gasteiger partial charge >= 0.3 is 0 Å². The summed E-state index contributed by atoms with van der Waals surface area (Å²) >= 11 is 0. The van der Waals surface area contributed by atoms with Gasteiger partial charge < -0.3 is 23.8 Å². The summed E-state index contributed by atoms with van der Waals surface area (Å²) in [6.07, 6.45) is 0. The van der Waals surface area contributed by atoms with E-state index in [0.717, 1.165) is 77.7 Å². The second-order valence-corrected chi connectivity index (χ2v) is 9.15. The minimum Gasteiger partial charge on any atom is -0.497 e. The lowest BCUT2D eigenvalue weighted by Gasteiger charge is -2.35. The molecule has 0 aliphatic carbocycles. The summed E-state index contributed by atoms with van der Waals surface area (Å²) in [5.41, 5.74) is 5.04. The molecule has 0 atom stereocenters. The van der Waals surface area contributed by atoms with Crippen LogP contribution in [0.2, 0.25) is 0 Å². The molecule has 1 N–H and O–H groups in total. The molecule has 184 valence electrons. The maximum absolute atomic E-state index is 6.12. The van der Waals surface area contributed by atoms with E-state index in [9.17, 15) is 0 Å². The highest BCUT2D eigenvalue weighted by molar-refractivity contribution is 5.94. The number of benzene rings is 3. The lowest BCUT2D eigenvalue weighted by molar-refractivity contribution is 0.271. The Hall–Kier alpha value is -4.04. The minimum atomic E-state index is 0.716. The first-order valence-electron chi connectivity index (χ1n) is 12.4. The van der Waals surface area contributed by atoms with Crippen LogP contribution >= 0.6 is 0 Å². The quantitative estimate of drug-likeness (QED) is 0.365.